The lowest BCUT2D eigenvalue weighted by Gasteiger charge is -2.36. The molecule has 1 aromatic rings. The van der Waals surface area contributed by atoms with Crippen molar-refractivity contribution in [2.24, 2.45) is 0 Å². The predicted octanol–water partition coefficient (Wildman–Crippen LogP) is 2.26. The summed E-state index contributed by atoms with van der Waals surface area (Å²) in [5, 5.41) is 10.00. The predicted molar refractivity (Wildman–Crippen MR) is 57.8 cm³/mol. The lowest BCUT2D eigenvalue weighted by Crippen LogP contribution is -2.39. The molecule has 1 aliphatic heterocycles. The van der Waals surface area contributed by atoms with Crippen molar-refractivity contribution in [2.75, 3.05) is 11.5 Å². The van der Waals surface area contributed by atoms with Gasteiger partial charge in [0.15, 0.2) is 0 Å². The maximum atomic E-state index is 10.00. The molecule has 2 rings (SSSR count). The van der Waals surface area contributed by atoms with E-state index in [4.69, 9.17) is 0 Å². The molecule has 0 bridgehead atoms. The molecule has 0 aliphatic carbocycles. The molecule has 1 fully saturated rings. The van der Waals surface area contributed by atoms with Crippen LogP contribution in [0.15, 0.2) is 30.8 Å². The van der Waals surface area contributed by atoms with Gasteiger partial charge in [0.1, 0.15) is 5.60 Å². The minimum atomic E-state index is -0.565. The standard InChI is InChI=1S/C11H12OS/c1-2-9-3-5-10(6-4-9)11(12)7-13-8-11/h2-6,12H,1,7-8H2. The van der Waals surface area contributed by atoms with Crippen LogP contribution in [-0.2, 0) is 5.60 Å². The molecule has 2 heteroatoms. The normalized spacial score (nSPS) is 19.2. The van der Waals surface area contributed by atoms with Crippen LogP contribution in [-0.4, -0.2) is 16.6 Å². The van der Waals surface area contributed by atoms with Crippen LogP contribution in [0.5, 0.6) is 0 Å². The van der Waals surface area contributed by atoms with Gasteiger partial charge in [0.25, 0.3) is 0 Å². The topological polar surface area (TPSA) is 20.2 Å². The fourth-order valence-corrected chi connectivity index (χ4v) is 2.32. The second-order valence-electron chi connectivity index (χ2n) is 3.35. The second kappa shape index (κ2) is 3.20. The lowest BCUT2D eigenvalue weighted by atomic mass is 9.96. The Morgan fingerprint density at radius 3 is 2.31 bits per heavy atom. The van der Waals surface area contributed by atoms with E-state index in [1.54, 1.807) is 11.8 Å². The van der Waals surface area contributed by atoms with E-state index in [0.717, 1.165) is 22.6 Å². The van der Waals surface area contributed by atoms with Crippen LogP contribution < -0.4 is 0 Å². The van der Waals surface area contributed by atoms with Crippen LogP contribution in [0, 0.1) is 0 Å². The molecule has 0 amide bonds. The maximum Gasteiger partial charge on any atom is 0.108 e. The number of hydrogen-bond acceptors (Lipinski definition) is 2. The molecule has 0 atom stereocenters. The summed E-state index contributed by atoms with van der Waals surface area (Å²) in [6.45, 7) is 3.69. The van der Waals surface area contributed by atoms with Crippen molar-refractivity contribution in [3.8, 4) is 0 Å². The van der Waals surface area contributed by atoms with Crippen LogP contribution in [0.4, 0.5) is 0 Å². The van der Waals surface area contributed by atoms with E-state index in [1.165, 1.54) is 0 Å². The molecular formula is C11H12OS. The number of benzene rings is 1. The Hall–Kier alpha value is -0.730. The first-order valence-corrected chi connectivity index (χ1v) is 5.43. The lowest BCUT2D eigenvalue weighted by molar-refractivity contribution is 0.0769. The third kappa shape index (κ3) is 1.52. The van der Waals surface area contributed by atoms with Crippen molar-refractivity contribution in [1.82, 2.24) is 0 Å². The third-order valence-electron chi connectivity index (χ3n) is 2.37. The quantitative estimate of drug-likeness (QED) is 0.775. The summed E-state index contributed by atoms with van der Waals surface area (Å²) in [5.74, 6) is 1.64. The zero-order valence-electron chi connectivity index (χ0n) is 7.36. The van der Waals surface area contributed by atoms with Crippen LogP contribution in [0.1, 0.15) is 11.1 Å². The van der Waals surface area contributed by atoms with E-state index in [2.05, 4.69) is 6.58 Å². The first-order valence-electron chi connectivity index (χ1n) is 4.28. The van der Waals surface area contributed by atoms with Crippen molar-refractivity contribution in [2.45, 2.75) is 5.60 Å². The Morgan fingerprint density at radius 2 is 1.92 bits per heavy atom. The Labute approximate surface area is 82.5 Å². The highest BCUT2D eigenvalue weighted by Crippen LogP contribution is 2.38. The van der Waals surface area contributed by atoms with Crippen molar-refractivity contribution >= 4 is 17.8 Å². The fraction of sp³-hybridized carbons (Fsp3) is 0.273. The summed E-state index contributed by atoms with van der Waals surface area (Å²) in [6, 6.07) is 7.94. The Bertz CT molecular complexity index is 311. The molecule has 13 heavy (non-hydrogen) atoms. The molecular weight excluding hydrogens is 180 g/mol. The van der Waals surface area contributed by atoms with E-state index in [0.29, 0.717) is 0 Å². The molecule has 68 valence electrons. The van der Waals surface area contributed by atoms with E-state index >= 15 is 0 Å². The second-order valence-corrected chi connectivity index (χ2v) is 4.34. The fourth-order valence-electron chi connectivity index (χ4n) is 1.39. The number of thioether (sulfide) groups is 1. The van der Waals surface area contributed by atoms with E-state index in [-0.39, 0.29) is 0 Å². The highest BCUT2D eigenvalue weighted by molar-refractivity contribution is 8.00. The number of hydrogen-bond donors (Lipinski definition) is 1. The van der Waals surface area contributed by atoms with Crippen molar-refractivity contribution in [1.29, 1.82) is 0 Å². The summed E-state index contributed by atoms with van der Waals surface area (Å²) in [7, 11) is 0. The molecule has 1 heterocycles. The van der Waals surface area contributed by atoms with Gasteiger partial charge in [-0.25, -0.2) is 0 Å². The van der Waals surface area contributed by atoms with Gasteiger partial charge in [-0.15, -0.1) is 0 Å². The molecule has 0 radical (unpaired) electrons. The molecule has 1 N–H and O–H groups in total. The zero-order chi connectivity index (χ0) is 9.31. The van der Waals surface area contributed by atoms with Crippen molar-refractivity contribution in [3.63, 3.8) is 0 Å². The SMILES string of the molecule is C=Cc1ccc(C2(O)CSC2)cc1. The van der Waals surface area contributed by atoms with Crippen molar-refractivity contribution < 1.29 is 5.11 Å². The van der Waals surface area contributed by atoms with E-state index in [9.17, 15) is 5.11 Å². The first-order chi connectivity index (χ1) is 6.24. The monoisotopic (exact) mass is 192 g/mol. The molecule has 1 aromatic carbocycles. The Kier molecular flexibility index (Phi) is 2.18. The highest BCUT2D eigenvalue weighted by atomic mass is 32.2. The van der Waals surface area contributed by atoms with Gasteiger partial charge >= 0.3 is 0 Å². The van der Waals surface area contributed by atoms with Gasteiger partial charge in [-0.2, -0.15) is 11.8 Å². The number of rotatable bonds is 2. The van der Waals surface area contributed by atoms with E-state index < -0.39 is 5.60 Å². The van der Waals surface area contributed by atoms with Crippen LogP contribution in [0.25, 0.3) is 6.08 Å². The number of aliphatic hydroxyl groups is 1. The third-order valence-corrected chi connectivity index (χ3v) is 3.73. The van der Waals surface area contributed by atoms with Crippen LogP contribution in [0.2, 0.25) is 0 Å². The minimum absolute atomic E-state index is 0.565. The van der Waals surface area contributed by atoms with Crippen LogP contribution >= 0.6 is 11.8 Å². The Morgan fingerprint density at radius 1 is 1.31 bits per heavy atom. The van der Waals surface area contributed by atoms with Gasteiger partial charge in [0.05, 0.1) is 0 Å². The highest BCUT2D eigenvalue weighted by Gasteiger charge is 2.36. The van der Waals surface area contributed by atoms with Crippen LogP contribution in [0.3, 0.4) is 0 Å². The zero-order valence-corrected chi connectivity index (χ0v) is 8.18. The van der Waals surface area contributed by atoms with Gasteiger partial charge in [-0.3, -0.25) is 0 Å². The smallest absolute Gasteiger partial charge is 0.108 e. The van der Waals surface area contributed by atoms with Gasteiger partial charge in [-0.1, -0.05) is 36.9 Å². The van der Waals surface area contributed by atoms with E-state index in [1.807, 2.05) is 30.3 Å². The molecule has 0 unspecified atom stereocenters. The van der Waals surface area contributed by atoms with Gasteiger partial charge < -0.3 is 5.11 Å². The summed E-state index contributed by atoms with van der Waals surface area (Å²) in [6.07, 6.45) is 1.81. The Balaban J connectivity index is 2.27. The molecule has 1 aliphatic rings. The summed E-state index contributed by atoms with van der Waals surface area (Å²) >= 11 is 1.78. The first kappa shape index (κ1) is 8.85. The summed E-state index contributed by atoms with van der Waals surface area (Å²) < 4.78 is 0. The van der Waals surface area contributed by atoms with Gasteiger partial charge in [0, 0.05) is 11.5 Å². The molecule has 1 saturated heterocycles. The van der Waals surface area contributed by atoms with Gasteiger partial charge in [-0.05, 0) is 11.1 Å². The summed E-state index contributed by atoms with van der Waals surface area (Å²) in [5.41, 5.74) is 1.56. The molecule has 0 saturated carbocycles. The van der Waals surface area contributed by atoms with Crippen molar-refractivity contribution in [3.05, 3.63) is 42.0 Å². The average molecular weight is 192 g/mol. The summed E-state index contributed by atoms with van der Waals surface area (Å²) in [4.78, 5) is 0. The minimum Gasteiger partial charge on any atom is -0.383 e. The largest absolute Gasteiger partial charge is 0.383 e. The van der Waals surface area contributed by atoms with Gasteiger partial charge in [0.2, 0.25) is 0 Å². The maximum absolute atomic E-state index is 10.00. The molecule has 1 nitrogen and oxygen atoms in total. The molecule has 0 spiro atoms. The average Bonchev–Trinajstić information content (AvgIpc) is 2.14. The molecule has 0 aromatic heterocycles.